The number of benzene rings is 2. The van der Waals surface area contributed by atoms with Crippen molar-refractivity contribution < 1.29 is 22.4 Å². The Bertz CT molecular complexity index is 1470. The first-order chi connectivity index (χ1) is 18.4. The first-order valence-electron chi connectivity index (χ1n) is 12.0. The summed E-state index contributed by atoms with van der Waals surface area (Å²) in [6.45, 7) is 4.30. The maximum absolute atomic E-state index is 14.2. The minimum atomic E-state index is -4.12. The van der Waals surface area contributed by atoms with E-state index in [0.717, 1.165) is 21.0 Å². The SMILES string of the molecule is CNCc1cc(-c2ncccn2)ccc1-c1ccccc1S(=O)(=O)N(COCCOC)c1noc(C)c1C. The molecule has 0 spiro atoms. The molecule has 0 aliphatic rings. The van der Waals surface area contributed by atoms with Crippen LogP contribution in [0.2, 0.25) is 0 Å². The van der Waals surface area contributed by atoms with E-state index in [1.165, 1.54) is 0 Å². The fourth-order valence-electron chi connectivity index (χ4n) is 3.99. The molecular formula is C27H31N5O5S. The predicted octanol–water partition coefficient (Wildman–Crippen LogP) is 3.95. The molecule has 0 fully saturated rings. The first kappa shape index (κ1) is 27.4. The summed E-state index contributed by atoms with van der Waals surface area (Å²) in [7, 11) is -0.730. The number of hydrogen-bond donors (Lipinski definition) is 1. The van der Waals surface area contributed by atoms with Crippen LogP contribution in [0.5, 0.6) is 0 Å². The Morgan fingerprint density at radius 2 is 1.76 bits per heavy atom. The molecule has 0 aliphatic heterocycles. The third-order valence-electron chi connectivity index (χ3n) is 6.05. The van der Waals surface area contributed by atoms with Gasteiger partial charge in [-0.2, -0.15) is 0 Å². The lowest BCUT2D eigenvalue weighted by Crippen LogP contribution is -2.35. The minimum Gasteiger partial charge on any atom is -0.382 e. The van der Waals surface area contributed by atoms with E-state index in [2.05, 4.69) is 20.4 Å². The van der Waals surface area contributed by atoms with Crippen molar-refractivity contribution in [2.24, 2.45) is 0 Å². The van der Waals surface area contributed by atoms with Gasteiger partial charge < -0.3 is 19.3 Å². The molecule has 10 nitrogen and oxygen atoms in total. The predicted molar refractivity (Wildman–Crippen MR) is 144 cm³/mol. The van der Waals surface area contributed by atoms with Gasteiger partial charge in [-0.1, -0.05) is 35.5 Å². The van der Waals surface area contributed by atoms with Gasteiger partial charge in [-0.15, -0.1) is 0 Å². The zero-order valence-electron chi connectivity index (χ0n) is 21.8. The molecule has 4 aromatic rings. The van der Waals surface area contributed by atoms with Gasteiger partial charge in [0.05, 0.1) is 18.1 Å². The van der Waals surface area contributed by atoms with Crippen molar-refractivity contribution >= 4 is 15.8 Å². The van der Waals surface area contributed by atoms with E-state index < -0.39 is 10.0 Å². The second-order valence-electron chi connectivity index (χ2n) is 8.54. The second kappa shape index (κ2) is 12.3. The van der Waals surface area contributed by atoms with Gasteiger partial charge in [0.1, 0.15) is 12.5 Å². The Morgan fingerprint density at radius 3 is 2.45 bits per heavy atom. The zero-order chi connectivity index (χ0) is 27.1. The molecule has 38 heavy (non-hydrogen) atoms. The van der Waals surface area contributed by atoms with Crippen LogP contribution in [0.15, 0.2) is 70.3 Å². The van der Waals surface area contributed by atoms with Crippen LogP contribution < -0.4 is 9.62 Å². The van der Waals surface area contributed by atoms with Gasteiger partial charge in [0.25, 0.3) is 10.0 Å². The highest BCUT2D eigenvalue weighted by Crippen LogP contribution is 2.36. The van der Waals surface area contributed by atoms with Gasteiger partial charge >= 0.3 is 0 Å². The monoisotopic (exact) mass is 537 g/mol. The average molecular weight is 538 g/mol. The number of rotatable bonds is 12. The Morgan fingerprint density at radius 1 is 1.00 bits per heavy atom. The normalized spacial score (nSPS) is 11.6. The molecule has 0 amide bonds. The van der Waals surface area contributed by atoms with Crippen molar-refractivity contribution in [3.63, 3.8) is 0 Å². The molecule has 2 aromatic carbocycles. The summed E-state index contributed by atoms with van der Waals surface area (Å²) in [5.74, 6) is 1.30. The number of hydrogen-bond acceptors (Lipinski definition) is 9. The highest BCUT2D eigenvalue weighted by molar-refractivity contribution is 7.93. The minimum absolute atomic E-state index is 0.122. The molecule has 0 saturated carbocycles. The van der Waals surface area contributed by atoms with E-state index in [1.807, 2.05) is 31.3 Å². The Hall–Kier alpha value is -3.64. The van der Waals surface area contributed by atoms with Crippen LogP contribution in [-0.2, 0) is 26.0 Å². The van der Waals surface area contributed by atoms with Crippen LogP contribution in [0.3, 0.4) is 0 Å². The van der Waals surface area contributed by atoms with Crippen molar-refractivity contribution in [1.82, 2.24) is 20.4 Å². The Kier molecular flexibility index (Phi) is 8.85. The molecule has 11 heteroatoms. The molecule has 2 aromatic heterocycles. The summed E-state index contributed by atoms with van der Waals surface area (Å²) >= 11 is 0. The van der Waals surface area contributed by atoms with Crippen LogP contribution >= 0.6 is 0 Å². The molecule has 0 atom stereocenters. The zero-order valence-corrected chi connectivity index (χ0v) is 22.7. The summed E-state index contributed by atoms with van der Waals surface area (Å²) in [5.41, 5.74) is 3.67. The summed E-state index contributed by atoms with van der Waals surface area (Å²) in [6, 6.07) is 14.4. The van der Waals surface area contributed by atoms with Crippen LogP contribution in [0.25, 0.3) is 22.5 Å². The molecule has 0 saturated heterocycles. The maximum atomic E-state index is 14.2. The number of nitrogens with one attached hydrogen (secondary N) is 1. The standard InChI is InChI=1S/C27H31N5O5S/c1-19-20(2)37-31-27(19)32(18-36-15-14-35-4)38(33,34)25-9-6-5-8-24(25)23-11-10-21(16-22(23)17-28-3)26-29-12-7-13-30-26/h5-13,16,28H,14-15,17-18H2,1-4H3. The highest BCUT2D eigenvalue weighted by atomic mass is 32.2. The maximum Gasteiger partial charge on any atom is 0.268 e. The number of nitrogens with zero attached hydrogens (tertiary/aromatic N) is 4. The molecule has 1 N–H and O–H groups in total. The number of anilines is 1. The number of aryl methyl sites for hydroxylation is 1. The van der Waals surface area contributed by atoms with Crippen molar-refractivity contribution in [2.75, 3.05) is 38.4 Å². The topological polar surface area (TPSA) is 120 Å². The third kappa shape index (κ3) is 5.76. The Balaban J connectivity index is 1.82. The van der Waals surface area contributed by atoms with Gasteiger partial charge in [0.15, 0.2) is 11.6 Å². The van der Waals surface area contributed by atoms with Gasteiger partial charge in [0.2, 0.25) is 0 Å². The van der Waals surface area contributed by atoms with Gasteiger partial charge in [0, 0.05) is 42.7 Å². The fraction of sp³-hybridized carbons (Fsp3) is 0.296. The van der Waals surface area contributed by atoms with E-state index in [9.17, 15) is 8.42 Å². The number of methoxy groups -OCH3 is 1. The summed E-state index contributed by atoms with van der Waals surface area (Å²) in [4.78, 5) is 8.81. The molecule has 0 unspecified atom stereocenters. The van der Waals surface area contributed by atoms with Crippen molar-refractivity contribution in [3.05, 3.63) is 77.8 Å². The van der Waals surface area contributed by atoms with E-state index in [-0.39, 0.29) is 24.1 Å². The second-order valence-corrected chi connectivity index (χ2v) is 10.4. The van der Waals surface area contributed by atoms with E-state index in [4.69, 9.17) is 14.0 Å². The lowest BCUT2D eigenvalue weighted by atomic mass is 9.97. The largest absolute Gasteiger partial charge is 0.382 e. The first-order valence-corrected chi connectivity index (χ1v) is 13.5. The van der Waals surface area contributed by atoms with Crippen LogP contribution in [0.1, 0.15) is 16.9 Å². The molecular weight excluding hydrogens is 506 g/mol. The molecule has 4 rings (SSSR count). The Labute approximate surface area is 222 Å². The van der Waals surface area contributed by atoms with Crippen LogP contribution in [0.4, 0.5) is 5.82 Å². The number of aromatic nitrogens is 3. The fourth-order valence-corrected chi connectivity index (χ4v) is 5.54. The van der Waals surface area contributed by atoms with Crippen LogP contribution in [0, 0.1) is 13.8 Å². The van der Waals surface area contributed by atoms with Crippen LogP contribution in [-0.4, -0.2) is 57.6 Å². The summed E-state index contributed by atoms with van der Waals surface area (Å²) in [5, 5.41) is 7.21. The molecule has 0 bridgehead atoms. The lowest BCUT2D eigenvalue weighted by Gasteiger charge is -2.24. The molecule has 0 aliphatic carbocycles. The number of ether oxygens (including phenoxy) is 2. The molecule has 2 heterocycles. The number of sulfonamides is 1. The van der Waals surface area contributed by atoms with Crippen molar-refractivity contribution in [2.45, 2.75) is 25.3 Å². The molecule has 0 radical (unpaired) electrons. The lowest BCUT2D eigenvalue weighted by molar-refractivity contribution is 0.0753. The van der Waals surface area contributed by atoms with E-state index in [1.54, 1.807) is 57.6 Å². The van der Waals surface area contributed by atoms with Gasteiger partial charge in [-0.3, -0.25) is 0 Å². The van der Waals surface area contributed by atoms with E-state index >= 15 is 0 Å². The van der Waals surface area contributed by atoms with Gasteiger partial charge in [-0.05, 0) is 50.2 Å². The highest BCUT2D eigenvalue weighted by Gasteiger charge is 2.32. The van der Waals surface area contributed by atoms with Crippen molar-refractivity contribution in [1.29, 1.82) is 0 Å². The third-order valence-corrected chi connectivity index (χ3v) is 7.82. The smallest absolute Gasteiger partial charge is 0.268 e. The quantitative estimate of drug-likeness (QED) is 0.212. The summed E-state index contributed by atoms with van der Waals surface area (Å²) in [6.07, 6.45) is 3.37. The van der Waals surface area contributed by atoms with E-state index in [0.29, 0.717) is 35.9 Å². The average Bonchev–Trinajstić information content (AvgIpc) is 3.26. The molecule has 200 valence electrons. The summed E-state index contributed by atoms with van der Waals surface area (Å²) < 4.78 is 45.5. The van der Waals surface area contributed by atoms with Gasteiger partial charge in [-0.25, -0.2) is 22.7 Å². The van der Waals surface area contributed by atoms with Crippen molar-refractivity contribution in [3.8, 4) is 22.5 Å².